The third-order valence-electron chi connectivity index (χ3n) is 3.70. The van der Waals surface area contributed by atoms with Crippen LogP contribution in [0.3, 0.4) is 0 Å². The Morgan fingerprint density at radius 3 is 2.79 bits per heavy atom. The van der Waals surface area contributed by atoms with Crippen molar-refractivity contribution in [2.75, 3.05) is 5.73 Å². The molecule has 0 amide bonds. The Hall–Kier alpha value is -1.78. The summed E-state index contributed by atoms with van der Waals surface area (Å²) < 4.78 is 4.33. The Bertz CT molecular complexity index is 577. The molecule has 5 nitrogen and oxygen atoms in total. The lowest BCUT2D eigenvalue weighted by Gasteiger charge is -2.07. The monoisotopic (exact) mass is 259 g/mol. The fourth-order valence-electron chi connectivity index (χ4n) is 2.59. The van der Waals surface area contributed by atoms with Crippen LogP contribution in [-0.4, -0.2) is 19.1 Å². The number of hydrogen-bond donors (Lipinski definition) is 1. The molecule has 5 heteroatoms. The molecule has 1 fully saturated rings. The van der Waals surface area contributed by atoms with Gasteiger partial charge in [0.05, 0.1) is 18.2 Å². The fourth-order valence-corrected chi connectivity index (χ4v) is 2.59. The zero-order valence-corrected chi connectivity index (χ0v) is 11.6. The maximum Gasteiger partial charge on any atom is 0.133 e. The van der Waals surface area contributed by atoms with Crippen molar-refractivity contribution in [1.82, 2.24) is 19.1 Å². The number of imidazole rings is 2. The number of nitrogens with zero attached hydrogens (tertiary/aromatic N) is 4. The van der Waals surface area contributed by atoms with E-state index in [4.69, 9.17) is 10.7 Å². The predicted molar refractivity (Wildman–Crippen MR) is 75.8 cm³/mol. The third kappa shape index (κ3) is 2.03. The van der Waals surface area contributed by atoms with Gasteiger partial charge in [0.15, 0.2) is 0 Å². The number of nitrogen functional groups attached to an aromatic ring is 1. The highest BCUT2D eigenvalue weighted by molar-refractivity contribution is 5.68. The van der Waals surface area contributed by atoms with Gasteiger partial charge in [-0.15, -0.1) is 0 Å². The van der Waals surface area contributed by atoms with Gasteiger partial charge in [-0.1, -0.05) is 6.92 Å². The maximum atomic E-state index is 6.35. The van der Waals surface area contributed by atoms with Crippen LogP contribution in [0.4, 0.5) is 5.82 Å². The van der Waals surface area contributed by atoms with E-state index in [0.29, 0.717) is 6.04 Å². The largest absolute Gasteiger partial charge is 0.383 e. The second kappa shape index (κ2) is 4.72. The van der Waals surface area contributed by atoms with Crippen LogP contribution in [0.5, 0.6) is 0 Å². The van der Waals surface area contributed by atoms with E-state index in [1.165, 1.54) is 12.8 Å². The van der Waals surface area contributed by atoms with Gasteiger partial charge in [0, 0.05) is 19.0 Å². The van der Waals surface area contributed by atoms with Crippen LogP contribution >= 0.6 is 0 Å². The molecule has 0 unspecified atom stereocenters. The molecule has 1 saturated carbocycles. The summed E-state index contributed by atoms with van der Waals surface area (Å²) in [4.78, 5) is 9.00. The number of aryl methyl sites for hydroxylation is 2. The van der Waals surface area contributed by atoms with Crippen LogP contribution in [0.15, 0.2) is 12.5 Å². The zero-order chi connectivity index (χ0) is 13.4. The normalized spacial score (nSPS) is 15.1. The van der Waals surface area contributed by atoms with Gasteiger partial charge in [-0.2, -0.15) is 0 Å². The minimum Gasteiger partial charge on any atom is -0.383 e. The molecular formula is C14H21N5. The summed E-state index contributed by atoms with van der Waals surface area (Å²) in [6.07, 6.45) is 8.23. The average Bonchev–Trinajstić information content (AvgIpc) is 3.03. The Balaban J connectivity index is 2.09. The molecule has 2 N–H and O–H groups in total. The van der Waals surface area contributed by atoms with Crippen molar-refractivity contribution in [3.8, 4) is 11.4 Å². The SMILES string of the molecule is CCCc1nc(-c2cncn2CC)c(N)n1C1CC1. The highest BCUT2D eigenvalue weighted by Crippen LogP contribution is 2.41. The molecule has 0 radical (unpaired) electrons. The first-order valence-electron chi connectivity index (χ1n) is 7.13. The molecule has 3 rings (SSSR count). The third-order valence-corrected chi connectivity index (χ3v) is 3.70. The molecule has 102 valence electrons. The number of nitrogens with two attached hydrogens (primary N) is 1. The first-order chi connectivity index (χ1) is 9.26. The van der Waals surface area contributed by atoms with Gasteiger partial charge in [0.25, 0.3) is 0 Å². The van der Waals surface area contributed by atoms with Crippen LogP contribution in [-0.2, 0) is 13.0 Å². The summed E-state index contributed by atoms with van der Waals surface area (Å²) in [7, 11) is 0. The van der Waals surface area contributed by atoms with E-state index in [0.717, 1.165) is 42.4 Å². The van der Waals surface area contributed by atoms with Gasteiger partial charge < -0.3 is 14.9 Å². The molecule has 0 atom stereocenters. The van der Waals surface area contributed by atoms with Crippen molar-refractivity contribution in [2.45, 2.75) is 52.1 Å². The molecule has 0 bridgehead atoms. The van der Waals surface area contributed by atoms with Crippen LogP contribution in [0.25, 0.3) is 11.4 Å². The Morgan fingerprint density at radius 2 is 2.16 bits per heavy atom. The molecule has 1 aliphatic carbocycles. The van der Waals surface area contributed by atoms with Crippen LogP contribution < -0.4 is 5.73 Å². The summed E-state index contributed by atoms with van der Waals surface area (Å²) in [6, 6.07) is 0.570. The molecule has 0 saturated heterocycles. The lowest BCUT2D eigenvalue weighted by Crippen LogP contribution is -2.05. The Labute approximate surface area is 113 Å². The van der Waals surface area contributed by atoms with E-state index < -0.39 is 0 Å². The highest BCUT2D eigenvalue weighted by atomic mass is 15.2. The molecule has 2 aromatic heterocycles. The lowest BCUT2D eigenvalue weighted by molar-refractivity contribution is 0.676. The van der Waals surface area contributed by atoms with Gasteiger partial charge in [-0.3, -0.25) is 0 Å². The minimum absolute atomic E-state index is 0.570. The topological polar surface area (TPSA) is 61.7 Å². The van der Waals surface area contributed by atoms with Crippen molar-refractivity contribution in [3.05, 3.63) is 18.3 Å². The minimum atomic E-state index is 0.570. The van der Waals surface area contributed by atoms with E-state index in [2.05, 4.69) is 28.0 Å². The van der Waals surface area contributed by atoms with Crippen LogP contribution in [0, 0.1) is 0 Å². The standard InChI is InChI=1S/C14H21N5/c1-3-5-12-17-13(11-8-16-9-18(11)4-2)14(15)19(12)10-6-7-10/h8-10H,3-7,15H2,1-2H3. The number of hydrogen-bond acceptors (Lipinski definition) is 3. The van der Waals surface area contributed by atoms with Crippen molar-refractivity contribution in [2.24, 2.45) is 0 Å². The van der Waals surface area contributed by atoms with Gasteiger partial charge in [-0.25, -0.2) is 9.97 Å². The van der Waals surface area contributed by atoms with Gasteiger partial charge >= 0.3 is 0 Å². The maximum absolute atomic E-state index is 6.35. The van der Waals surface area contributed by atoms with Crippen LogP contribution in [0.2, 0.25) is 0 Å². The number of anilines is 1. The number of aromatic nitrogens is 4. The molecule has 0 spiro atoms. The smallest absolute Gasteiger partial charge is 0.133 e. The second-order valence-electron chi connectivity index (χ2n) is 5.18. The quantitative estimate of drug-likeness (QED) is 0.897. The summed E-state index contributed by atoms with van der Waals surface area (Å²) in [5, 5.41) is 0. The van der Waals surface area contributed by atoms with Crippen LogP contribution in [0.1, 0.15) is 45.0 Å². The summed E-state index contributed by atoms with van der Waals surface area (Å²) >= 11 is 0. The first kappa shape index (κ1) is 12.3. The van der Waals surface area contributed by atoms with E-state index in [-0.39, 0.29) is 0 Å². The molecule has 0 aromatic carbocycles. The fraction of sp³-hybridized carbons (Fsp3) is 0.571. The predicted octanol–water partition coefficient (Wildman–Crippen LogP) is 2.64. The van der Waals surface area contributed by atoms with Crippen molar-refractivity contribution in [1.29, 1.82) is 0 Å². The van der Waals surface area contributed by atoms with Crippen molar-refractivity contribution in [3.63, 3.8) is 0 Å². The molecule has 0 aliphatic heterocycles. The second-order valence-corrected chi connectivity index (χ2v) is 5.18. The van der Waals surface area contributed by atoms with E-state index >= 15 is 0 Å². The molecular weight excluding hydrogens is 238 g/mol. The first-order valence-corrected chi connectivity index (χ1v) is 7.13. The number of rotatable bonds is 5. The van der Waals surface area contributed by atoms with Crippen molar-refractivity contribution >= 4 is 5.82 Å². The molecule has 2 heterocycles. The van der Waals surface area contributed by atoms with Gasteiger partial charge in [0.2, 0.25) is 0 Å². The Morgan fingerprint density at radius 1 is 1.37 bits per heavy atom. The van der Waals surface area contributed by atoms with E-state index in [9.17, 15) is 0 Å². The lowest BCUT2D eigenvalue weighted by atomic mass is 10.3. The van der Waals surface area contributed by atoms with E-state index in [1.807, 2.05) is 12.5 Å². The summed E-state index contributed by atoms with van der Waals surface area (Å²) in [5.74, 6) is 1.93. The van der Waals surface area contributed by atoms with E-state index in [1.54, 1.807) is 0 Å². The average molecular weight is 259 g/mol. The highest BCUT2D eigenvalue weighted by Gasteiger charge is 2.30. The van der Waals surface area contributed by atoms with Gasteiger partial charge in [-0.05, 0) is 26.2 Å². The zero-order valence-electron chi connectivity index (χ0n) is 11.6. The van der Waals surface area contributed by atoms with Gasteiger partial charge in [0.1, 0.15) is 17.3 Å². The summed E-state index contributed by atoms with van der Waals surface area (Å²) in [6.45, 7) is 5.17. The molecule has 19 heavy (non-hydrogen) atoms. The van der Waals surface area contributed by atoms with Crippen molar-refractivity contribution < 1.29 is 0 Å². The Kier molecular flexibility index (Phi) is 3.05. The molecule has 1 aliphatic rings. The summed E-state index contributed by atoms with van der Waals surface area (Å²) in [5.41, 5.74) is 8.27. The molecule has 2 aromatic rings.